The van der Waals surface area contributed by atoms with Gasteiger partial charge in [-0.2, -0.15) is 0 Å². The van der Waals surface area contributed by atoms with Crippen LogP contribution in [0.15, 0.2) is 36.5 Å². The lowest BCUT2D eigenvalue weighted by atomic mass is 10.0. The first-order valence-electron chi connectivity index (χ1n) is 31.0. The van der Waals surface area contributed by atoms with Gasteiger partial charge in [-0.3, -0.25) is 14.4 Å². The van der Waals surface area contributed by atoms with Gasteiger partial charge in [0.1, 0.15) is 13.2 Å². The summed E-state index contributed by atoms with van der Waals surface area (Å²) in [5.41, 5.74) is 0. The van der Waals surface area contributed by atoms with Crippen molar-refractivity contribution in [1.82, 2.24) is 0 Å². The minimum Gasteiger partial charge on any atom is -0.462 e. The third-order valence-corrected chi connectivity index (χ3v) is 13.9. The Morgan fingerprint density at radius 3 is 0.800 bits per heavy atom. The molecule has 0 radical (unpaired) electrons. The molecule has 0 aliphatic rings. The van der Waals surface area contributed by atoms with Gasteiger partial charge in [0.05, 0.1) is 0 Å². The molecule has 70 heavy (non-hydrogen) atoms. The van der Waals surface area contributed by atoms with Crippen molar-refractivity contribution < 1.29 is 28.6 Å². The van der Waals surface area contributed by atoms with Gasteiger partial charge in [-0.25, -0.2) is 0 Å². The summed E-state index contributed by atoms with van der Waals surface area (Å²) in [6, 6.07) is 0. The van der Waals surface area contributed by atoms with Crippen LogP contribution in [-0.2, 0) is 28.6 Å². The zero-order valence-electron chi connectivity index (χ0n) is 47.1. The number of esters is 3. The molecule has 0 aromatic heterocycles. The van der Waals surface area contributed by atoms with Gasteiger partial charge >= 0.3 is 17.9 Å². The highest BCUT2D eigenvalue weighted by molar-refractivity contribution is 5.71. The smallest absolute Gasteiger partial charge is 0.306 e. The van der Waals surface area contributed by atoms with Crippen LogP contribution >= 0.6 is 0 Å². The van der Waals surface area contributed by atoms with Crippen LogP contribution in [0.25, 0.3) is 0 Å². The number of carbonyl (C=O) groups excluding carboxylic acids is 3. The van der Waals surface area contributed by atoms with Crippen LogP contribution < -0.4 is 0 Å². The maximum absolute atomic E-state index is 12.8. The summed E-state index contributed by atoms with van der Waals surface area (Å²) in [5.74, 6) is -0.862. The molecule has 0 aliphatic heterocycles. The Bertz CT molecular complexity index is 1170. The lowest BCUT2D eigenvalue weighted by molar-refractivity contribution is -0.167. The van der Waals surface area contributed by atoms with Crippen LogP contribution in [0.2, 0.25) is 0 Å². The van der Waals surface area contributed by atoms with Crippen molar-refractivity contribution >= 4 is 17.9 Å². The number of rotatable bonds is 57. The predicted octanol–water partition coefficient (Wildman–Crippen LogP) is 20.8. The molecule has 0 rings (SSSR count). The molecule has 0 amide bonds. The minimum absolute atomic E-state index is 0.0710. The van der Waals surface area contributed by atoms with E-state index in [1.807, 2.05) is 0 Å². The van der Waals surface area contributed by atoms with Gasteiger partial charge < -0.3 is 14.2 Å². The topological polar surface area (TPSA) is 78.9 Å². The van der Waals surface area contributed by atoms with Crippen LogP contribution in [0.4, 0.5) is 0 Å². The van der Waals surface area contributed by atoms with E-state index in [0.29, 0.717) is 19.3 Å². The molecule has 0 saturated heterocycles. The highest BCUT2D eigenvalue weighted by Crippen LogP contribution is 2.17. The first-order chi connectivity index (χ1) is 34.5. The molecule has 0 N–H and O–H groups in total. The maximum Gasteiger partial charge on any atom is 0.306 e. The molecule has 0 fully saturated rings. The number of carbonyl (C=O) groups is 3. The average molecular weight is 984 g/mol. The normalized spacial score (nSPS) is 12.2. The summed E-state index contributed by atoms with van der Waals surface area (Å²) in [7, 11) is 0. The Hall–Kier alpha value is -2.37. The fourth-order valence-corrected chi connectivity index (χ4v) is 9.18. The van der Waals surface area contributed by atoms with Gasteiger partial charge in [0.15, 0.2) is 6.10 Å². The molecule has 1 atom stereocenters. The molecule has 6 heteroatoms. The van der Waals surface area contributed by atoms with E-state index >= 15 is 0 Å². The van der Waals surface area contributed by atoms with Crippen molar-refractivity contribution in [2.75, 3.05) is 13.2 Å². The Kier molecular flexibility index (Phi) is 57.2. The summed E-state index contributed by atoms with van der Waals surface area (Å²) in [6.07, 6.45) is 71.5. The van der Waals surface area contributed by atoms with Gasteiger partial charge in [0.25, 0.3) is 0 Å². The van der Waals surface area contributed by atoms with Crippen molar-refractivity contribution in [2.45, 2.75) is 341 Å². The number of hydrogen-bond acceptors (Lipinski definition) is 6. The molecule has 1 unspecified atom stereocenters. The molecule has 0 aliphatic carbocycles. The SMILES string of the molecule is CCCCCCC/C=C\C/C=C\CCCCCCCCCCCCCCCCCC(=O)OCC(COC(=O)CCCCCCCCCCCCC)OC(=O)CCCCCCC/C=C\CCCCCCC. The molecule has 0 aromatic carbocycles. The number of allylic oxidation sites excluding steroid dienone is 6. The van der Waals surface area contributed by atoms with Crippen molar-refractivity contribution in [1.29, 1.82) is 0 Å². The highest BCUT2D eigenvalue weighted by atomic mass is 16.6. The molecule has 0 spiro atoms. The fraction of sp³-hybridized carbons (Fsp3) is 0.859. The van der Waals surface area contributed by atoms with E-state index in [4.69, 9.17) is 14.2 Å². The number of hydrogen-bond donors (Lipinski definition) is 0. The molecular weight excluding hydrogens is 865 g/mol. The third-order valence-electron chi connectivity index (χ3n) is 13.9. The van der Waals surface area contributed by atoms with Crippen LogP contribution in [0.3, 0.4) is 0 Å². The Balaban J connectivity index is 4.16. The predicted molar refractivity (Wildman–Crippen MR) is 302 cm³/mol. The van der Waals surface area contributed by atoms with E-state index in [2.05, 4.69) is 57.2 Å². The molecule has 6 nitrogen and oxygen atoms in total. The summed E-state index contributed by atoms with van der Waals surface area (Å²) >= 11 is 0. The van der Waals surface area contributed by atoms with E-state index in [0.717, 1.165) is 70.6 Å². The molecule has 0 bridgehead atoms. The summed E-state index contributed by atoms with van der Waals surface area (Å²) in [5, 5.41) is 0. The fourth-order valence-electron chi connectivity index (χ4n) is 9.18. The van der Waals surface area contributed by atoms with E-state index in [1.165, 1.54) is 225 Å². The van der Waals surface area contributed by atoms with Gasteiger partial charge in [-0.1, -0.05) is 276 Å². The van der Waals surface area contributed by atoms with Crippen molar-refractivity contribution in [3.8, 4) is 0 Å². The Labute approximate surface area is 435 Å². The Morgan fingerprint density at radius 2 is 0.514 bits per heavy atom. The lowest BCUT2D eigenvalue weighted by Crippen LogP contribution is -2.30. The molecule has 0 heterocycles. The maximum atomic E-state index is 12.8. The van der Waals surface area contributed by atoms with Crippen LogP contribution in [0.1, 0.15) is 335 Å². The average Bonchev–Trinajstić information content (AvgIpc) is 3.36. The quantitative estimate of drug-likeness (QED) is 0.0261. The molecular formula is C64H118O6. The Morgan fingerprint density at radius 1 is 0.286 bits per heavy atom. The minimum atomic E-state index is -0.772. The first kappa shape index (κ1) is 67.6. The first-order valence-corrected chi connectivity index (χ1v) is 31.0. The van der Waals surface area contributed by atoms with Crippen molar-refractivity contribution in [2.24, 2.45) is 0 Å². The van der Waals surface area contributed by atoms with Crippen LogP contribution in [0.5, 0.6) is 0 Å². The second kappa shape index (κ2) is 59.2. The molecule has 410 valence electrons. The van der Waals surface area contributed by atoms with Gasteiger partial charge in [0.2, 0.25) is 0 Å². The lowest BCUT2D eigenvalue weighted by Gasteiger charge is -2.18. The second-order valence-electron chi connectivity index (χ2n) is 21.0. The zero-order chi connectivity index (χ0) is 50.7. The standard InChI is InChI=1S/C64H118O6/c1-4-7-10-13-16-19-22-24-26-27-28-29-30-31-32-33-34-35-36-37-38-40-42-45-48-51-54-57-63(66)69-60-61(59-68-62(65)56-53-50-47-44-41-21-18-15-12-9-6-3)70-64(67)58-55-52-49-46-43-39-25-23-20-17-14-11-8-5-2/h22-25,27-28,61H,4-21,26,29-60H2,1-3H3/b24-22-,25-23-,28-27-. The summed E-state index contributed by atoms with van der Waals surface area (Å²) < 4.78 is 16.9. The number of unbranched alkanes of at least 4 members (excludes halogenated alkanes) is 40. The van der Waals surface area contributed by atoms with E-state index < -0.39 is 6.10 Å². The monoisotopic (exact) mass is 983 g/mol. The largest absolute Gasteiger partial charge is 0.462 e. The third kappa shape index (κ3) is 56.5. The molecule has 0 aromatic rings. The van der Waals surface area contributed by atoms with Gasteiger partial charge in [0, 0.05) is 19.3 Å². The molecule has 0 saturated carbocycles. The highest BCUT2D eigenvalue weighted by Gasteiger charge is 2.19. The summed E-state index contributed by atoms with van der Waals surface area (Å²) in [6.45, 7) is 6.65. The van der Waals surface area contributed by atoms with Crippen LogP contribution in [-0.4, -0.2) is 37.2 Å². The van der Waals surface area contributed by atoms with E-state index in [1.54, 1.807) is 0 Å². The van der Waals surface area contributed by atoms with Crippen molar-refractivity contribution in [3.05, 3.63) is 36.5 Å². The zero-order valence-corrected chi connectivity index (χ0v) is 47.1. The van der Waals surface area contributed by atoms with Gasteiger partial charge in [-0.05, 0) is 77.0 Å². The second-order valence-corrected chi connectivity index (χ2v) is 21.0. The van der Waals surface area contributed by atoms with Crippen molar-refractivity contribution in [3.63, 3.8) is 0 Å². The van der Waals surface area contributed by atoms with Gasteiger partial charge in [-0.15, -0.1) is 0 Å². The summed E-state index contributed by atoms with van der Waals surface area (Å²) in [4.78, 5) is 38.1. The number of ether oxygens (including phenoxy) is 3. The van der Waals surface area contributed by atoms with E-state index in [9.17, 15) is 14.4 Å². The van der Waals surface area contributed by atoms with E-state index in [-0.39, 0.29) is 31.1 Å². The van der Waals surface area contributed by atoms with Crippen LogP contribution in [0, 0.1) is 0 Å².